The van der Waals surface area contributed by atoms with Crippen molar-refractivity contribution in [3.8, 4) is 0 Å². The standard InChI is InChI=1S/C15H30N2O3/c1-6-19-14(18)13(16-12(2)3)7-8-17-9-10-20-15(4,5)11-17/h12-13,16H,6-11H2,1-5H3. The molecule has 1 heterocycles. The van der Waals surface area contributed by atoms with Crippen LogP contribution in [-0.2, 0) is 14.3 Å². The minimum Gasteiger partial charge on any atom is -0.465 e. The Balaban J connectivity index is 2.46. The van der Waals surface area contributed by atoms with Gasteiger partial charge in [-0.05, 0) is 27.2 Å². The Kier molecular flexibility index (Phi) is 6.92. The number of ether oxygens (including phenoxy) is 2. The zero-order valence-corrected chi connectivity index (χ0v) is 13.6. The van der Waals surface area contributed by atoms with Crippen LogP contribution in [0.5, 0.6) is 0 Å². The van der Waals surface area contributed by atoms with Crippen molar-refractivity contribution in [3.05, 3.63) is 0 Å². The lowest BCUT2D eigenvalue weighted by molar-refractivity contribution is -0.146. The van der Waals surface area contributed by atoms with Gasteiger partial charge in [-0.3, -0.25) is 9.69 Å². The van der Waals surface area contributed by atoms with Gasteiger partial charge in [-0.1, -0.05) is 13.8 Å². The van der Waals surface area contributed by atoms with Crippen molar-refractivity contribution >= 4 is 5.97 Å². The fraction of sp³-hybridized carbons (Fsp3) is 0.933. The predicted molar refractivity (Wildman–Crippen MR) is 79.8 cm³/mol. The molecule has 0 aromatic carbocycles. The summed E-state index contributed by atoms with van der Waals surface area (Å²) in [6.45, 7) is 14.1. The molecule has 1 saturated heterocycles. The van der Waals surface area contributed by atoms with Gasteiger partial charge in [-0.15, -0.1) is 0 Å². The second-order valence-corrected chi connectivity index (χ2v) is 6.30. The van der Waals surface area contributed by atoms with Gasteiger partial charge in [0.15, 0.2) is 0 Å². The highest BCUT2D eigenvalue weighted by Crippen LogP contribution is 2.16. The largest absolute Gasteiger partial charge is 0.465 e. The normalized spacial score (nSPS) is 20.9. The number of morpholine rings is 1. The number of nitrogens with zero attached hydrogens (tertiary/aromatic N) is 1. The summed E-state index contributed by atoms with van der Waals surface area (Å²) in [5.74, 6) is -0.145. The summed E-state index contributed by atoms with van der Waals surface area (Å²) in [6, 6.07) is 0.0476. The third kappa shape index (κ3) is 6.20. The van der Waals surface area contributed by atoms with Crippen molar-refractivity contribution in [1.82, 2.24) is 10.2 Å². The van der Waals surface area contributed by atoms with Gasteiger partial charge in [0.2, 0.25) is 0 Å². The first-order valence-electron chi connectivity index (χ1n) is 7.63. The van der Waals surface area contributed by atoms with Crippen molar-refractivity contribution in [1.29, 1.82) is 0 Å². The summed E-state index contributed by atoms with van der Waals surface area (Å²) in [5, 5.41) is 3.29. The molecule has 5 nitrogen and oxygen atoms in total. The van der Waals surface area contributed by atoms with E-state index in [9.17, 15) is 4.79 Å². The van der Waals surface area contributed by atoms with E-state index < -0.39 is 0 Å². The van der Waals surface area contributed by atoms with E-state index in [4.69, 9.17) is 9.47 Å². The fourth-order valence-electron chi connectivity index (χ4n) is 2.53. The molecule has 1 unspecified atom stereocenters. The van der Waals surface area contributed by atoms with E-state index in [0.29, 0.717) is 6.61 Å². The zero-order chi connectivity index (χ0) is 15.2. The number of carbonyl (C=O) groups is 1. The van der Waals surface area contributed by atoms with E-state index in [1.54, 1.807) is 0 Å². The molecule has 0 saturated carbocycles. The van der Waals surface area contributed by atoms with E-state index in [-0.39, 0.29) is 23.7 Å². The van der Waals surface area contributed by atoms with E-state index >= 15 is 0 Å². The highest BCUT2D eigenvalue weighted by atomic mass is 16.5. The van der Waals surface area contributed by atoms with Crippen LogP contribution in [0.4, 0.5) is 0 Å². The minimum absolute atomic E-state index is 0.0941. The SMILES string of the molecule is CCOC(=O)C(CCN1CCOC(C)(C)C1)NC(C)C. The number of nitrogens with one attached hydrogen (secondary N) is 1. The van der Waals surface area contributed by atoms with Gasteiger partial charge in [0.1, 0.15) is 6.04 Å². The van der Waals surface area contributed by atoms with Crippen LogP contribution in [0.15, 0.2) is 0 Å². The van der Waals surface area contributed by atoms with Gasteiger partial charge >= 0.3 is 5.97 Å². The monoisotopic (exact) mass is 286 g/mol. The van der Waals surface area contributed by atoms with Gasteiger partial charge in [0.25, 0.3) is 0 Å². The quantitative estimate of drug-likeness (QED) is 0.717. The van der Waals surface area contributed by atoms with Crippen molar-refractivity contribution in [3.63, 3.8) is 0 Å². The van der Waals surface area contributed by atoms with Crippen molar-refractivity contribution < 1.29 is 14.3 Å². The first kappa shape index (κ1) is 17.4. The lowest BCUT2D eigenvalue weighted by Crippen LogP contribution is -2.50. The average molecular weight is 286 g/mol. The van der Waals surface area contributed by atoms with Crippen molar-refractivity contribution in [2.24, 2.45) is 0 Å². The maximum Gasteiger partial charge on any atom is 0.323 e. The molecule has 0 radical (unpaired) electrons. The fourth-order valence-corrected chi connectivity index (χ4v) is 2.53. The molecular formula is C15H30N2O3. The van der Waals surface area contributed by atoms with Crippen LogP contribution in [0.2, 0.25) is 0 Å². The first-order chi connectivity index (χ1) is 9.34. The van der Waals surface area contributed by atoms with Crippen LogP contribution in [-0.4, -0.2) is 61.4 Å². The molecule has 1 aliphatic rings. The maximum atomic E-state index is 12.0. The highest BCUT2D eigenvalue weighted by Gasteiger charge is 2.28. The Morgan fingerprint density at radius 2 is 2.15 bits per heavy atom. The van der Waals surface area contributed by atoms with E-state index in [1.165, 1.54) is 0 Å². The van der Waals surface area contributed by atoms with Gasteiger partial charge in [-0.2, -0.15) is 0 Å². The molecule has 1 rings (SSSR count). The van der Waals surface area contributed by atoms with Crippen molar-refractivity contribution in [2.45, 2.75) is 58.7 Å². The first-order valence-corrected chi connectivity index (χ1v) is 7.63. The van der Waals surface area contributed by atoms with Gasteiger partial charge in [0.05, 0.1) is 18.8 Å². The number of esters is 1. The Hall–Kier alpha value is -0.650. The van der Waals surface area contributed by atoms with E-state index in [0.717, 1.165) is 32.7 Å². The lowest BCUT2D eigenvalue weighted by atomic mass is 10.1. The molecular weight excluding hydrogens is 256 g/mol. The third-order valence-corrected chi connectivity index (χ3v) is 3.34. The van der Waals surface area contributed by atoms with Gasteiger partial charge in [-0.25, -0.2) is 0 Å². The molecule has 0 aromatic rings. The zero-order valence-electron chi connectivity index (χ0n) is 13.6. The number of hydrogen-bond acceptors (Lipinski definition) is 5. The van der Waals surface area contributed by atoms with Crippen LogP contribution in [0.1, 0.15) is 41.0 Å². The summed E-state index contributed by atoms with van der Waals surface area (Å²) in [7, 11) is 0. The van der Waals surface area contributed by atoms with Crippen molar-refractivity contribution in [2.75, 3.05) is 32.8 Å². The number of hydrogen-bond donors (Lipinski definition) is 1. The summed E-state index contributed by atoms with van der Waals surface area (Å²) < 4.78 is 10.8. The Bertz CT molecular complexity index is 305. The Morgan fingerprint density at radius 1 is 1.45 bits per heavy atom. The molecule has 0 aliphatic carbocycles. The minimum atomic E-state index is -0.221. The van der Waals surface area contributed by atoms with E-state index in [1.807, 2.05) is 20.8 Å². The average Bonchev–Trinajstić information content (AvgIpc) is 2.33. The Morgan fingerprint density at radius 3 is 2.70 bits per heavy atom. The predicted octanol–water partition coefficient (Wildman–Crippen LogP) is 1.42. The smallest absolute Gasteiger partial charge is 0.323 e. The van der Waals surface area contributed by atoms with Crippen LogP contribution in [0.3, 0.4) is 0 Å². The maximum absolute atomic E-state index is 12.0. The molecule has 1 fully saturated rings. The highest BCUT2D eigenvalue weighted by molar-refractivity contribution is 5.75. The molecule has 118 valence electrons. The molecule has 1 atom stereocenters. The molecule has 0 aromatic heterocycles. The summed E-state index contributed by atoms with van der Waals surface area (Å²) in [6.07, 6.45) is 0.771. The number of carbonyl (C=O) groups excluding carboxylic acids is 1. The topological polar surface area (TPSA) is 50.8 Å². The second kappa shape index (κ2) is 7.96. The molecule has 0 spiro atoms. The molecule has 5 heteroatoms. The molecule has 1 N–H and O–H groups in total. The molecule has 1 aliphatic heterocycles. The summed E-state index contributed by atoms with van der Waals surface area (Å²) >= 11 is 0. The number of rotatable bonds is 7. The summed E-state index contributed by atoms with van der Waals surface area (Å²) in [4.78, 5) is 14.3. The molecule has 0 bridgehead atoms. The van der Waals surface area contributed by atoms with Crippen LogP contribution in [0, 0.1) is 0 Å². The lowest BCUT2D eigenvalue weighted by Gasteiger charge is -2.38. The van der Waals surface area contributed by atoms with E-state index in [2.05, 4.69) is 24.1 Å². The van der Waals surface area contributed by atoms with Crippen LogP contribution >= 0.6 is 0 Å². The third-order valence-electron chi connectivity index (χ3n) is 3.34. The summed E-state index contributed by atoms with van der Waals surface area (Å²) in [5.41, 5.74) is -0.0941. The van der Waals surface area contributed by atoms with Crippen LogP contribution in [0.25, 0.3) is 0 Å². The van der Waals surface area contributed by atoms with Gasteiger partial charge < -0.3 is 14.8 Å². The Labute approximate surface area is 123 Å². The second-order valence-electron chi connectivity index (χ2n) is 6.30. The van der Waals surface area contributed by atoms with Gasteiger partial charge in [0, 0.05) is 25.7 Å². The van der Waals surface area contributed by atoms with Crippen LogP contribution < -0.4 is 5.32 Å². The molecule has 0 amide bonds. The molecule has 20 heavy (non-hydrogen) atoms.